The molecule has 1 amide bonds. The monoisotopic (exact) mass is 335 g/mol. The molecular weight excluding hydrogens is 314 g/mol. The number of hydrogen-bond donors (Lipinski definition) is 0. The van der Waals surface area contributed by atoms with Crippen molar-refractivity contribution in [3.63, 3.8) is 0 Å². The van der Waals surface area contributed by atoms with Gasteiger partial charge < -0.3 is 14.1 Å². The molecule has 128 valence electrons. The van der Waals surface area contributed by atoms with Crippen LogP contribution in [-0.2, 0) is 17.6 Å². The van der Waals surface area contributed by atoms with Gasteiger partial charge in [-0.2, -0.15) is 0 Å². The molecule has 0 bridgehead atoms. The number of anilines is 1. The van der Waals surface area contributed by atoms with Crippen LogP contribution in [0.5, 0.6) is 5.75 Å². The summed E-state index contributed by atoms with van der Waals surface area (Å²) in [5.74, 6) is 0.870. The van der Waals surface area contributed by atoms with Crippen LogP contribution >= 0.6 is 0 Å². The van der Waals surface area contributed by atoms with Gasteiger partial charge in [0.1, 0.15) is 11.3 Å². The quantitative estimate of drug-likeness (QED) is 0.718. The number of hydrogen-bond acceptors (Lipinski definition) is 3. The van der Waals surface area contributed by atoms with E-state index in [0.29, 0.717) is 6.42 Å². The van der Waals surface area contributed by atoms with Gasteiger partial charge in [0.15, 0.2) is 0 Å². The summed E-state index contributed by atoms with van der Waals surface area (Å²) < 4.78 is 10.8. The topological polar surface area (TPSA) is 42.7 Å². The van der Waals surface area contributed by atoms with Crippen molar-refractivity contribution in [2.24, 2.45) is 0 Å². The fourth-order valence-corrected chi connectivity index (χ4v) is 3.68. The predicted octanol–water partition coefficient (Wildman–Crippen LogP) is 4.27. The second-order valence-corrected chi connectivity index (χ2v) is 6.53. The number of benzene rings is 2. The molecule has 0 saturated heterocycles. The second-order valence-electron chi connectivity index (χ2n) is 6.53. The lowest BCUT2D eigenvalue weighted by Gasteiger charge is -2.31. The van der Waals surface area contributed by atoms with E-state index in [0.717, 1.165) is 52.9 Å². The van der Waals surface area contributed by atoms with Gasteiger partial charge in [-0.25, -0.2) is 0 Å². The van der Waals surface area contributed by atoms with Gasteiger partial charge in [-0.3, -0.25) is 4.79 Å². The number of rotatable bonds is 3. The Kier molecular flexibility index (Phi) is 3.96. The number of carbonyl (C=O) groups is 1. The van der Waals surface area contributed by atoms with Gasteiger partial charge in [-0.1, -0.05) is 18.2 Å². The molecule has 3 aromatic rings. The highest BCUT2D eigenvalue weighted by molar-refractivity contribution is 5.98. The van der Waals surface area contributed by atoms with E-state index in [-0.39, 0.29) is 5.91 Å². The molecule has 0 atom stereocenters. The number of aryl methyl sites for hydroxylation is 2. The van der Waals surface area contributed by atoms with Crippen molar-refractivity contribution < 1.29 is 13.9 Å². The summed E-state index contributed by atoms with van der Waals surface area (Å²) in [6, 6.07) is 12.0. The molecule has 1 aromatic heterocycles. The van der Waals surface area contributed by atoms with Crippen molar-refractivity contribution in [3.05, 3.63) is 59.4 Å². The Bertz CT molecular complexity index is 941. The lowest BCUT2D eigenvalue weighted by Crippen LogP contribution is -2.37. The molecule has 4 heteroatoms. The molecule has 0 aliphatic carbocycles. The largest absolute Gasteiger partial charge is 0.497 e. The van der Waals surface area contributed by atoms with Gasteiger partial charge in [0, 0.05) is 29.2 Å². The van der Waals surface area contributed by atoms with Crippen LogP contribution in [0.15, 0.2) is 47.1 Å². The third-order valence-corrected chi connectivity index (χ3v) is 4.92. The maximum atomic E-state index is 13.0. The van der Waals surface area contributed by atoms with Crippen molar-refractivity contribution in [1.82, 2.24) is 0 Å². The van der Waals surface area contributed by atoms with Crippen LogP contribution in [0.4, 0.5) is 5.69 Å². The highest BCUT2D eigenvalue weighted by Gasteiger charge is 2.25. The number of furan rings is 1. The van der Waals surface area contributed by atoms with E-state index in [1.54, 1.807) is 13.4 Å². The first kappa shape index (κ1) is 15.8. The summed E-state index contributed by atoms with van der Waals surface area (Å²) in [6.45, 7) is 2.85. The molecule has 2 aromatic carbocycles. The lowest BCUT2D eigenvalue weighted by atomic mass is 9.97. The minimum atomic E-state index is 0.119. The van der Waals surface area contributed by atoms with E-state index < -0.39 is 0 Å². The minimum absolute atomic E-state index is 0.119. The van der Waals surface area contributed by atoms with Crippen LogP contribution in [0.2, 0.25) is 0 Å². The van der Waals surface area contributed by atoms with Crippen LogP contribution in [-0.4, -0.2) is 19.6 Å². The number of ether oxygens (including phenoxy) is 1. The van der Waals surface area contributed by atoms with Gasteiger partial charge >= 0.3 is 0 Å². The molecular formula is C21H21NO3. The zero-order chi connectivity index (χ0) is 17.4. The van der Waals surface area contributed by atoms with Crippen molar-refractivity contribution in [2.45, 2.75) is 26.2 Å². The van der Waals surface area contributed by atoms with Gasteiger partial charge in [0.2, 0.25) is 5.91 Å². The van der Waals surface area contributed by atoms with Crippen LogP contribution in [0, 0.1) is 6.92 Å². The molecule has 0 fully saturated rings. The average Bonchev–Trinajstić information content (AvgIpc) is 3.03. The molecule has 2 heterocycles. The first-order valence-corrected chi connectivity index (χ1v) is 8.60. The molecule has 1 aliphatic heterocycles. The number of carbonyl (C=O) groups excluding carboxylic acids is 1. The molecule has 0 radical (unpaired) electrons. The summed E-state index contributed by atoms with van der Waals surface area (Å²) in [5.41, 5.74) is 5.18. The molecule has 0 saturated carbocycles. The Hall–Kier alpha value is -2.75. The van der Waals surface area contributed by atoms with Crippen molar-refractivity contribution >= 4 is 22.6 Å². The standard InChI is InChI=1S/C21H21NO3/c1-14-5-3-6-15-7-4-10-22(21(14)15)20(23)11-16-13-25-19-12-17(24-2)8-9-18(16)19/h3,5-6,8-9,12-13H,4,7,10-11H2,1-2H3. The maximum absolute atomic E-state index is 13.0. The summed E-state index contributed by atoms with van der Waals surface area (Å²) in [5, 5.41) is 0.969. The van der Waals surface area contributed by atoms with Crippen LogP contribution in [0.1, 0.15) is 23.1 Å². The lowest BCUT2D eigenvalue weighted by molar-refractivity contribution is -0.118. The van der Waals surface area contributed by atoms with Gasteiger partial charge in [-0.15, -0.1) is 0 Å². The summed E-state index contributed by atoms with van der Waals surface area (Å²) in [7, 11) is 1.63. The molecule has 25 heavy (non-hydrogen) atoms. The van der Waals surface area contributed by atoms with E-state index in [1.807, 2.05) is 23.1 Å². The normalized spacial score (nSPS) is 13.8. The summed E-state index contributed by atoms with van der Waals surface area (Å²) in [6.07, 6.45) is 4.07. The maximum Gasteiger partial charge on any atom is 0.231 e. The van der Waals surface area contributed by atoms with E-state index in [1.165, 1.54) is 5.56 Å². The third kappa shape index (κ3) is 2.78. The van der Waals surface area contributed by atoms with Crippen molar-refractivity contribution in [1.29, 1.82) is 0 Å². The van der Waals surface area contributed by atoms with Gasteiger partial charge in [-0.05, 0) is 43.0 Å². The molecule has 0 N–H and O–H groups in total. The van der Waals surface area contributed by atoms with Crippen molar-refractivity contribution in [2.75, 3.05) is 18.6 Å². The van der Waals surface area contributed by atoms with Crippen LogP contribution in [0.3, 0.4) is 0 Å². The van der Waals surface area contributed by atoms with E-state index >= 15 is 0 Å². The third-order valence-electron chi connectivity index (χ3n) is 4.92. The highest BCUT2D eigenvalue weighted by Crippen LogP contribution is 2.32. The van der Waals surface area contributed by atoms with Crippen molar-refractivity contribution in [3.8, 4) is 5.75 Å². The molecule has 4 rings (SSSR count). The average molecular weight is 335 g/mol. The predicted molar refractivity (Wildman–Crippen MR) is 98.3 cm³/mol. The zero-order valence-electron chi connectivity index (χ0n) is 14.5. The fraction of sp³-hybridized carbons (Fsp3) is 0.286. The smallest absolute Gasteiger partial charge is 0.231 e. The number of amides is 1. The first-order chi connectivity index (χ1) is 12.2. The number of methoxy groups -OCH3 is 1. The number of fused-ring (bicyclic) bond motifs is 2. The van der Waals surface area contributed by atoms with Crippen LogP contribution < -0.4 is 9.64 Å². The second kappa shape index (κ2) is 6.28. The molecule has 4 nitrogen and oxygen atoms in total. The highest BCUT2D eigenvalue weighted by atomic mass is 16.5. The zero-order valence-corrected chi connectivity index (χ0v) is 14.5. The minimum Gasteiger partial charge on any atom is -0.497 e. The van der Waals surface area contributed by atoms with Gasteiger partial charge in [0.25, 0.3) is 0 Å². The number of nitrogens with zero attached hydrogens (tertiary/aromatic N) is 1. The Balaban J connectivity index is 1.64. The van der Waals surface area contributed by atoms with Gasteiger partial charge in [0.05, 0.1) is 19.8 Å². The summed E-state index contributed by atoms with van der Waals surface area (Å²) >= 11 is 0. The van der Waals surface area contributed by atoms with E-state index in [2.05, 4.69) is 25.1 Å². The Morgan fingerprint density at radius 3 is 3.00 bits per heavy atom. The Labute approximate surface area is 147 Å². The Morgan fingerprint density at radius 1 is 1.28 bits per heavy atom. The molecule has 0 unspecified atom stereocenters. The first-order valence-electron chi connectivity index (χ1n) is 8.60. The number of para-hydroxylation sites is 1. The van der Waals surface area contributed by atoms with E-state index in [4.69, 9.17) is 9.15 Å². The Morgan fingerprint density at radius 2 is 2.16 bits per heavy atom. The fourth-order valence-electron chi connectivity index (χ4n) is 3.68. The molecule has 0 spiro atoms. The summed E-state index contributed by atoms with van der Waals surface area (Å²) in [4.78, 5) is 14.9. The SMILES string of the molecule is COc1ccc2c(CC(=O)N3CCCc4cccc(C)c43)coc2c1. The van der Waals surface area contributed by atoms with E-state index in [9.17, 15) is 4.79 Å². The molecule has 1 aliphatic rings. The van der Waals surface area contributed by atoms with Crippen LogP contribution in [0.25, 0.3) is 11.0 Å².